The fourth-order valence-electron chi connectivity index (χ4n) is 1.97. The summed E-state index contributed by atoms with van der Waals surface area (Å²) in [6, 6.07) is 10.3. The van der Waals surface area contributed by atoms with Crippen LogP contribution >= 0.6 is 0 Å². The maximum atomic E-state index is 7.16. The first-order valence-electron chi connectivity index (χ1n) is 5.10. The number of nitrogens with zero attached hydrogens (tertiary/aromatic N) is 2. The number of para-hydroxylation sites is 1. The van der Waals surface area contributed by atoms with Gasteiger partial charge in [-0.05, 0) is 25.0 Å². The van der Waals surface area contributed by atoms with E-state index in [9.17, 15) is 0 Å². The molecule has 0 saturated carbocycles. The molecule has 0 spiro atoms. The maximum Gasteiger partial charge on any atom is 0.298 e. The summed E-state index contributed by atoms with van der Waals surface area (Å²) in [6.45, 7) is 8.19. The minimum atomic E-state index is 0.0612. The molecule has 14 heavy (non-hydrogen) atoms. The molecule has 1 aromatic rings. The lowest BCUT2D eigenvalue weighted by Gasteiger charge is -2.29. The Morgan fingerprint density at radius 2 is 2.00 bits per heavy atom. The standard InChI is InChI=1S/C12H14N2/c1-13-12-9-5-6-10-14(12)11-7-3-2-4-8-11/h2-4,7-8,12H,5-6,9-10H2. The van der Waals surface area contributed by atoms with Gasteiger partial charge in [-0.25, -0.2) is 6.57 Å². The van der Waals surface area contributed by atoms with Crippen molar-refractivity contribution in [2.75, 3.05) is 11.4 Å². The second-order valence-electron chi connectivity index (χ2n) is 3.63. The van der Waals surface area contributed by atoms with Gasteiger partial charge in [0.2, 0.25) is 0 Å². The Hall–Kier alpha value is -1.49. The topological polar surface area (TPSA) is 7.60 Å². The van der Waals surface area contributed by atoms with E-state index in [1.54, 1.807) is 0 Å². The number of hydrogen-bond donors (Lipinski definition) is 0. The molecular weight excluding hydrogens is 172 g/mol. The Morgan fingerprint density at radius 1 is 1.21 bits per heavy atom. The van der Waals surface area contributed by atoms with Crippen LogP contribution < -0.4 is 4.90 Å². The van der Waals surface area contributed by atoms with Crippen molar-refractivity contribution >= 4 is 5.69 Å². The van der Waals surface area contributed by atoms with E-state index in [2.05, 4.69) is 21.9 Å². The molecule has 1 saturated heterocycles. The van der Waals surface area contributed by atoms with Crippen LogP contribution in [0.25, 0.3) is 4.85 Å². The molecule has 1 fully saturated rings. The van der Waals surface area contributed by atoms with Crippen LogP contribution in [-0.4, -0.2) is 12.7 Å². The smallest absolute Gasteiger partial charge is 0.298 e. The third-order valence-electron chi connectivity index (χ3n) is 2.71. The van der Waals surface area contributed by atoms with E-state index in [-0.39, 0.29) is 6.17 Å². The summed E-state index contributed by atoms with van der Waals surface area (Å²) in [6.07, 6.45) is 3.47. The van der Waals surface area contributed by atoms with Crippen LogP contribution in [0.3, 0.4) is 0 Å². The minimum absolute atomic E-state index is 0.0612. The Bertz CT molecular complexity index is 326. The number of piperidine rings is 1. The van der Waals surface area contributed by atoms with Gasteiger partial charge in [0.15, 0.2) is 0 Å². The summed E-state index contributed by atoms with van der Waals surface area (Å²) in [5.41, 5.74) is 1.19. The van der Waals surface area contributed by atoms with Crippen LogP contribution in [-0.2, 0) is 0 Å². The van der Waals surface area contributed by atoms with Gasteiger partial charge in [-0.15, -0.1) is 0 Å². The molecule has 1 unspecified atom stereocenters. The summed E-state index contributed by atoms with van der Waals surface area (Å²) in [4.78, 5) is 5.90. The molecule has 0 aromatic heterocycles. The largest absolute Gasteiger partial charge is 0.303 e. The van der Waals surface area contributed by atoms with Gasteiger partial charge >= 0.3 is 0 Å². The third kappa shape index (κ3) is 1.72. The lowest BCUT2D eigenvalue weighted by Crippen LogP contribution is -2.37. The second kappa shape index (κ2) is 4.15. The van der Waals surface area contributed by atoms with Crippen molar-refractivity contribution in [3.63, 3.8) is 0 Å². The first-order chi connectivity index (χ1) is 6.92. The van der Waals surface area contributed by atoms with E-state index in [0.717, 1.165) is 13.0 Å². The van der Waals surface area contributed by atoms with Gasteiger partial charge in [-0.3, -0.25) is 4.85 Å². The Kier molecular flexibility index (Phi) is 2.69. The summed E-state index contributed by atoms with van der Waals surface area (Å²) in [7, 11) is 0. The minimum Gasteiger partial charge on any atom is -0.303 e. The van der Waals surface area contributed by atoms with Crippen molar-refractivity contribution in [2.24, 2.45) is 0 Å². The zero-order valence-corrected chi connectivity index (χ0v) is 8.19. The van der Waals surface area contributed by atoms with Crippen molar-refractivity contribution in [1.82, 2.24) is 0 Å². The molecule has 2 nitrogen and oxygen atoms in total. The highest BCUT2D eigenvalue weighted by atomic mass is 15.2. The first-order valence-corrected chi connectivity index (χ1v) is 5.10. The molecule has 1 aromatic carbocycles. The van der Waals surface area contributed by atoms with E-state index < -0.39 is 0 Å². The zero-order chi connectivity index (χ0) is 9.80. The van der Waals surface area contributed by atoms with Crippen molar-refractivity contribution in [2.45, 2.75) is 25.4 Å². The molecule has 1 atom stereocenters. The molecule has 2 rings (SSSR count). The molecule has 1 aliphatic heterocycles. The summed E-state index contributed by atoms with van der Waals surface area (Å²) in [5, 5.41) is 0. The number of anilines is 1. The van der Waals surface area contributed by atoms with Gasteiger partial charge < -0.3 is 4.90 Å². The lowest BCUT2D eigenvalue weighted by atomic mass is 10.1. The van der Waals surface area contributed by atoms with E-state index in [4.69, 9.17) is 6.57 Å². The third-order valence-corrected chi connectivity index (χ3v) is 2.71. The van der Waals surface area contributed by atoms with Gasteiger partial charge in [0.25, 0.3) is 6.17 Å². The molecule has 1 aliphatic rings. The first kappa shape index (κ1) is 9.08. The lowest BCUT2D eigenvalue weighted by molar-refractivity contribution is 0.512. The number of rotatable bonds is 1. The molecule has 0 bridgehead atoms. The SMILES string of the molecule is [C-]#[N+]C1CCCCN1c1ccccc1. The highest BCUT2D eigenvalue weighted by Gasteiger charge is 2.25. The van der Waals surface area contributed by atoms with E-state index in [1.807, 2.05) is 18.2 Å². The number of hydrogen-bond acceptors (Lipinski definition) is 1. The van der Waals surface area contributed by atoms with Crippen LogP contribution in [0.4, 0.5) is 5.69 Å². The average molecular weight is 186 g/mol. The number of benzene rings is 1. The summed E-state index contributed by atoms with van der Waals surface area (Å²) >= 11 is 0. The Balaban J connectivity index is 2.20. The van der Waals surface area contributed by atoms with Crippen molar-refractivity contribution in [3.05, 3.63) is 41.7 Å². The van der Waals surface area contributed by atoms with Crippen LogP contribution in [0.2, 0.25) is 0 Å². The normalized spacial score (nSPS) is 21.6. The van der Waals surface area contributed by atoms with Crippen molar-refractivity contribution in [1.29, 1.82) is 0 Å². The van der Waals surface area contributed by atoms with Crippen LogP contribution in [0.5, 0.6) is 0 Å². The van der Waals surface area contributed by atoms with Gasteiger partial charge in [0, 0.05) is 18.7 Å². The molecule has 72 valence electrons. The van der Waals surface area contributed by atoms with Gasteiger partial charge in [-0.2, -0.15) is 0 Å². The van der Waals surface area contributed by atoms with Crippen LogP contribution in [0.1, 0.15) is 19.3 Å². The molecular formula is C12H14N2. The van der Waals surface area contributed by atoms with Crippen LogP contribution in [0.15, 0.2) is 30.3 Å². The monoisotopic (exact) mass is 186 g/mol. The average Bonchev–Trinajstić information content (AvgIpc) is 2.30. The van der Waals surface area contributed by atoms with Crippen molar-refractivity contribution in [3.8, 4) is 0 Å². The predicted octanol–water partition coefficient (Wildman–Crippen LogP) is 2.92. The zero-order valence-electron chi connectivity index (χ0n) is 8.19. The van der Waals surface area contributed by atoms with Gasteiger partial charge in [0.1, 0.15) is 0 Å². The molecule has 1 heterocycles. The summed E-state index contributed by atoms with van der Waals surface area (Å²) < 4.78 is 0. The maximum absolute atomic E-state index is 7.16. The van der Waals surface area contributed by atoms with Crippen molar-refractivity contribution < 1.29 is 0 Å². The molecule has 0 N–H and O–H groups in total. The molecule has 0 amide bonds. The highest BCUT2D eigenvalue weighted by molar-refractivity contribution is 5.47. The van der Waals surface area contributed by atoms with Gasteiger partial charge in [-0.1, -0.05) is 18.2 Å². The quantitative estimate of drug-likeness (QED) is 0.612. The molecule has 0 radical (unpaired) electrons. The van der Waals surface area contributed by atoms with Gasteiger partial charge in [0.05, 0.1) is 0 Å². The Morgan fingerprint density at radius 3 is 2.71 bits per heavy atom. The highest BCUT2D eigenvalue weighted by Crippen LogP contribution is 2.24. The van der Waals surface area contributed by atoms with E-state index in [1.165, 1.54) is 18.5 Å². The molecule has 2 heteroatoms. The second-order valence-corrected chi connectivity index (χ2v) is 3.63. The fourth-order valence-corrected chi connectivity index (χ4v) is 1.97. The predicted molar refractivity (Wildman–Crippen MR) is 58.0 cm³/mol. The Labute approximate surface area is 85.0 Å². The van der Waals surface area contributed by atoms with E-state index in [0.29, 0.717) is 0 Å². The fraction of sp³-hybridized carbons (Fsp3) is 0.417. The molecule has 0 aliphatic carbocycles. The van der Waals surface area contributed by atoms with E-state index >= 15 is 0 Å². The van der Waals surface area contributed by atoms with Crippen LogP contribution in [0, 0.1) is 6.57 Å². The summed E-state index contributed by atoms with van der Waals surface area (Å²) in [5.74, 6) is 0.